The monoisotopic (exact) mass is 362 g/mol. The Kier molecular flexibility index (Phi) is 3.74. The maximum absolute atomic E-state index is 6.33. The first-order valence-electron chi connectivity index (χ1n) is 6.34. The maximum Gasteiger partial charge on any atom is 0.230 e. The van der Waals surface area contributed by atoms with Crippen molar-refractivity contribution in [2.45, 2.75) is 6.92 Å². The van der Waals surface area contributed by atoms with E-state index in [1.54, 1.807) is 0 Å². The highest BCUT2D eigenvalue weighted by molar-refractivity contribution is 9.10. The molecule has 0 aliphatic carbocycles. The van der Waals surface area contributed by atoms with Crippen molar-refractivity contribution in [2.75, 3.05) is 5.73 Å². The van der Waals surface area contributed by atoms with Crippen LogP contribution in [0.5, 0.6) is 0 Å². The molecule has 0 atom stereocenters. The lowest BCUT2D eigenvalue weighted by Crippen LogP contribution is -1.88. The third kappa shape index (κ3) is 2.69. The Hall–Kier alpha value is -1.78. The number of benzene rings is 2. The fourth-order valence-electron chi connectivity index (χ4n) is 2.19. The lowest BCUT2D eigenvalue weighted by atomic mass is 10.0. The van der Waals surface area contributed by atoms with E-state index in [1.807, 2.05) is 49.4 Å². The van der Waals surface area contributed by atoms with Gasteiger partial charge in [0.1, 0.15) is 5.69 Å². The van der Waals surface area contributed by atoms with Crippen LogP contribution >= 0.6 is 27.5 Å². The van der Waals surface area contributed by atoms with Gasteiger partial charge in [0.25, 0.3) is 0 Å². The Morgan fingerprint density at radius 1 is 1.14 bits per heavy atom. The van der Waals surface area contributed by atoms with Gasteiger partial charge in [-0.2, -0.15) is 0 Å². The summed E-state index contributed by atoms with van der Waals surface area (Å²) in [6.07, 6.45) is 0. The molecule has 0 unspecified atom stereocenters. The average Bonchev–Trinajstić information content (AvgIpc) is 2.82. The average molecular weight is 364 g/mol. The van der Waals surface area contributed by atoms with Crippen LogP contribution in [-0.2, 0) is 0 Å². The van der Waals surface area contributed by atoms with Crippen LogP contribution in [0.15, 0.2) is 51.5 Å². The minimum atomic E-state index is 0.281. The van der Waals surface area contributed by atoms with Crippen LogP contribution in [0.2, 0.25) is 5.02 Å². The second kappa shape index (κ2) is 5.54. The number of hydrogen-bond donors (Lipinski definition) is 1. The summed E-state index contributed by atoms with van der Waals surface area (Å²) in [4.78, 5) is 0. The molecule has 21 heavy (non-hydrogen) atoms. The molecule has 2 aromatic carbocycles. The third-order valence-electron chi connectivity index (χ3n) is 3.23. The van der Waals surface area contributed by atoms with Crippen LogP contribution < -0.4 is 5.73 Å². The van der Waals surface area contributed by atoms with Gasteiger partial charge in [-0.3, -0.25) is 0 Å². The first-order valence-corrected chi connectivity index (χ1v) is 7.51. The smallest absolute Gasteiger partial charge is 0.230 e. The summed E-state index contributed by atoms with van der Waals surface area (Å²) in [7, 11) is 0. The first kappa shape index (κ1) is 14.2. The van der Waals surface area contributed by atoms with Crippen molar-refractivity contribution in [1.29, 1.82) is 0 Å². The zero-order chi connectivity index (χ0) is 15.0. The van der Waals surface area contributed by atoms with Gasteiger partial charge < -0.3 is 10.3 Å². The molecule has 0 saturated carbocycles. The van der Waals surface area contributed by atoms with E-state index in [1.165, 1.54) is 0 Å². The van der Waals surface area contributed by atoms with Crippen molar-refractivity contribution in [1.82, 2.24) is 5.16 Å². The fourth-order valence-corrected chi connectivity index (χ4v) is 2.78. The van der Waals surface area contributed by atoms with Crippen LogP contribution in [0.4, 0.5) is 5.88 Å². The molecule has 0 saturated heterocycles. The van der Waals surface area contributed by atoms with E-state index in [9.17, 15) is 0 Å². The predicted molar refractivity (Wildman–Crippen MR) is 89.2 cm³/mol. The van der Waals surface area contributed by atoms with E-state index < -0.39 is 0 Å². The van der Waals surface area contributed by atoms with E-state index in [2.05, 4.69) is 21.1 Å². The second-order valence-corrected chi connectivity index (χ2v) is 6.08. The third-order valence-corrected chi connectivity index (χ3v) is 4.07. The van der Waals surface area contributed by atoms with Gasteiger partial charge in [-0.25, -0.2) is 0 Å². The second-order valence-electron chi connectivity index (χ2n) is 4.76. The molecule has 0 spiro atoms. The molecule has 0 aliphatic rings. The molecule has 0 bridgehead atoms. The van der Waals surface area contributed by atoms with E-state index in [-0.39, 0.29) is 5.88 Å². The Morgan fingerprint density at radius 2 is 1.86 bits per heavy atom. The van der Waals surface area contributed by atoms with Gasteiger partial charge in [0.05, 0.1) is 10.6 Å². The largest absolute Gasteiger partial charge is 0.367 e. The molecule has 0 aliphatic heterocycles. The summed E-state index contributed by atoms with van der Waals surface area (Å²) in [5.41, 5.74) is 10.2. The minimum Gasteiger partial charge on any atom is -0.367 e. The van der Waals surface area contributed by atoms with Crippen molar-refractivity contribution in [2.24, 2.45) is 0 Å². The van der Waals surface area contributed by atoms with Gasteiger partial charge in [0.15, 0.2) is 0 Å². The number of aryl methyl sites for hydroxylation is 1. The molecule has 1 aromatic heterocycles. The van der Waals surface area contributed by atoms with Crippen molar-refractivity contribution in [3.8, 4) is 22.4 Å². The summed E-state index contributed by atoms with van der Waals surface area (Å²) in [5, 5.41) is 4.71. The zero-order valence-electron chi connectivity index (χ0n) is 11.2. The number of aromatic nitrogens is 1. The van der Waals surface area contributed by atoms with Gasteiger partial charge in [-0.15, -0.1) is 0 Å². The van der Waals surface area contributed by atoms with Gasteiger partial charge in [0, 0.05) is 10.0 Å². The van der Waals surface area contributed by atoms with Gasteiger partial charge >= 0.3 is 0 Å². The molecule has 1 heterocycles. The van der Waals surface area contributed by atoms with E-state index in [4.69, 9.17) is 21.9 Å². The number of hydrogen-bond acceptors (Lipinski definition) is 3. The van der Waals surface area contributed by atoms with Crippen LogP contribution in [0.25, 0.3) is 22.4 Å². The van der Waals surface area contributed by atoms with Crippen molar-refractivity contribution in [3.63, 3.8) is 0 Å². The van der Waals surface area contributed by atoms with Gasteiger partial charge in [0.2, 0.25) is 5.88 Å². The molecule has 0 fully saturated rings. The summed E-state index contributed by atoms with van der Waals surface area (Å²) in [5.74, 6) is 0.281. The fraction of sp³-hybridized carbons (Fsp3) is 0.0625. The number of anilines is 1. The standard InChI is InChI=1S/C16H12BrClN2O/c1-9-2-7-12(13(18)8-9)15-14(16(19)21-20-15)10-3-5-11(17)6-4-10/h2-8H,19H2,1H3. The Balaban J connectivity index is 2.19. The van der Waals surface area contributed by atoms with Crippen molar-refractivity contribution >= 4 is 33.4 Å². The molecule has 3 nitrogen and oxygen atoms in total. The molecule has 3 aromatic rings. The van der Waals surface area contributed by atoms with Gasteiger partial charge in [-0.1, -0.05) is 57.0 Å². The number of rotatable bonds is 2. The van der Waals surface area contributed by atoms with E-state index >= 15 is 0 Å². The van der Waals surface area contributed by atoms with Crippen molar-refractivity contribution in [3.05, 3.63) is 57.5 Å². The Bertz CT molecular complexity index is 797. The highest BCUT2D eigenvalue weighted by Crippen LogP contribution is 2.39. The summed E-state index contributed by atoms with van der Waals surface area (Å²) in [6.45, 7) is 1.99. The topological polar surface area (TPSA) is 52.0 Å². The normalized spacial score (nSPS) is 10.8. The minimum absolute atomic E-state index is 0.281. The Labute approximate surface area is 135 Å². The molecule has 2 N–H and O–H groups in total. The lowest BCUT2D eigenvalue weighted by Gasteiger charge is -2.06. The first-order chi connectivity index (χ1) is 10.1. The maximum atomic E-state index is 6.33. The summed E-state index contributed by atoms with van der Waals surface area (Å²) >= 11 is 9.75. The predicted octanol–water partition coefficient (Wildman–Crippen LogP) is 5.32. The highest BCUT2D eigenvalue weighted by atomic mass is 79.9. The van der Waals surface area contributed by atoms with Crippen LogP contribution in [0.3, 0.4) is 0 Å². The number of nitrogens with zero attached hydrogens (tertiary/aromatic N) is 1. The number of nitrogen functional groups attached to an aromatic ring is 1. The molecule has 106 valence electrons. The molecule has 5 heteroatoms. The molecular weight excluding hydrogens is 352 g/mol. The van der Waals surface area contributed by atoms with E-state index in [0.29, 0.717) is 10.7 Å². The summed E-state index contributed by atoms with van der Waals surface area (Å²) in [6, 6.07) is 13.6. The van der Waals surface area contributed by atoms with Crippen LogP contribution in [0, 0.1) is 6.92 Å². The zero-order valence-corrected chi connectivity index (χ0v) is 13.6. The molecule has 0 radical (unpaired) electrons. The molecular formula is C16H12BrClN2O. The van der Waals surface area contributed by atoms with Crippen molar-refractivity contribution < 1.29 is 4.52 Å². The quantitative estimate of drug-likeness (QED) is 0.671. The van der Waals surface area contributed by atoms with E-state index in [0.717, 1.165) is 26.7 Å². The number of halogens is 2. The molecule has 3 rings (SSSR count). The molecule has 0 amide bonds. The summed E-state index contributed by atoms with van der Waals surface area (Å²) < 4.78 is 6.17. The van der Waals surface area contributed by atoms with Crippen LogP contribution in [0.1, 0.15) is 5.56 Å². The SMILES string of the molecule is Cc1ccc(-c2noc(N)c2-c2ccc(Br)cc2)c(Cl)c1. The lowest BCUT2D eigenvalue weighted by molar-refractivity contribution is 0.439. The van der Waals surface area contributed by atoms with Gasteiger partial charge in [-0.05, 0) is 36.2 Å². The Morgan fingerprint density at radius 3 is 2.52 bits per heavy atom. The highest BCUT2D eigenvalue weighted by Gasteiger charge is 2.19. The number of nitrogens with two attached hydrogens (primary N) is 1. The van der Waals surface area contributed by atoms with Crippen LogP contribution in [-0.4, -0.2) is 5.16 Å².